The summed E-state index contributed by atoms with van der Waals surface area (Å²) in [5.41, 5.74) is 3.09. The summed E-state index contributed by atoms with van der Waals surface area (Å²) in [6, 6.07) is 9.10. The number of thiophene rings is 1. The largest absolute Gasteiger partial charge is 0.493 e. The summed E-state index contributed by atoms with van der Waals surface area (Å²) in [5.74, 6) is -0.906. The van der Waals surface area contributed by atoms with E-state index in [1.54, 1.807) is 29.5 Å². The zero-order valence-electron chi connectivity index (χ0n) is 18.9. The van der Waals surface area contributed by atoms with E-state index in [0.29, 0.717) is 41.0 Å². The van der Waals surface area contributed by atoms with Crippen LogP contribution in [0.3, 0.4) is 0 Å². The number of rotatable bonds is 5. The van der Waals surface area contributed by atoms with Crippen molar-refractivity contribution >= 4 is 29.1 Å². The molecule has 0 amide bonds. The van der Waals surface area contributed by atoms with Crippen molar-refractivity contribution < 1.29 is 28.6 Å². The number of ketones is 1. The smallest absolute Gasteiger partial charge is 0.336 e. The quantitative estimate of drug-likeness (QED) is 0.520. The van der Waals surface area contributed by atoms with E-state index in [1.807, 2.05) is 18.4 Å². The van der Waals surface area contributed by atoms with Gasteiger partial charge in [0.2, 0.25) is 0 Å². The van der Waals surface area contributed by atoms with Gasteiger partial charge in [0.25, 0.3) is 0 Å². The molecule has 0 fully saturated rings. The van der Waals surface area contributed by atoms with Gasteiger partial charge in [0.05, 0.1) is 19.8 Å². The summed E-state index contributed by atoms with van der Waals surface area (Å²) >= 11 is 1.64. The first-order valence-electron chi connectivity index (χ1n) is 10.6. The van der Waals surface area contributed by atoms with Crippen molar-refractivity contribution in [3.8, 4) is 11.5 Å². The van der Waals surface area contributed by atoms with Crippen LogP contribution in [0.5, 0.6) is 11.5 Å². The predicted octanol–water partition coefficient (Wildman–Crippen LogP) is 4.22. The fourth-order valence-electron chi connectivity index (χ4n) is 4.58. The molecule has 2 atom stereocenters. The first kappa shape index (κ1) is 22.8. The number of ether oxygens (including phenoxy) is 3. The maximum absolute atomic E-state index is 13.5. The van der Waals surface area contributed by atoms with Crippen LogP contribution in [0.2, 0.25) is 0 Å². The molecule has 0 spiro atoms. The standard InChI is InChI=1S/C25H25NO6S/c1-13-22(25(29)31-4)23(15-7-8-19(32-14(2)27)20(12-15)30-3)24-17(26-13)10-16(11-18(24)28)21-6-5-9-33-21/h5-9,12,16,23,26H,10-11H2,1-4H3/t16-,23-/m0/s1. The lowest BCUT2D eigenvalue weighted by Crippen LogP contribution is -2.35. The van der Waals surface area contributed by atoms with Crippen LogP contribution in [0.4, 0.5) is 0 Å². The van der Waals surface area contributed by atoms with E-state index < -0.39 is 17.9 Å². The Morgan fingerprint density at radius 1 is 1.12 bits per heavy atom. The van der Waals surface area contributed by atoms with Crippen molar-refractivity contribution in [2.75, 3.05) is 14.2 Å². The Kier molecular flexibility index (Phi) is 6.37. The van der Waals surface area contributed by atoms with Gasteiger partial charge < -0.3 is 19.5 Å². The number of hydrogen-bond donors (Lipinski definition) is 1. The van der Waals surface area contributed by atoms with Crippen LogP contribution in [-0.4, -0.2) is 31.9 Å². The van der Waals surface area contributed by atoms with E-state index in [2.05, 4.69) is 11.4 Å². The molecule has 0 unspecified atom stereocenters. The van der Waals surface area contributed by atoms with Gasteiger partial charge in [0.15, 0.2) is 17.3 Å². The van der Waals surface area contributed by atoms with Gasteiger partial charge in [-0.25, -0.2) is 4.79 Å². The zero-order chi connectivity index (χ0) is 23.7. The third-order valence-electron chi connectivity index (χ3n) is 5.95. The van der Waals surface area contributed by atoms with Gasteiger partial charge in [0, 0.05) is 47.0 Å². The number of allylic oxidation sites excluding steroid dienone is 3. The number of carbonyl (C=O) groups excluding carboxylic acids is 3. The van der Waals surface area contributed by atoms with Crippen LogP contribution in [0, 0.1) is 0 Å². The van der Waals surface area contributed by atoms with Crippen LogP contribution in [-0.2, 0) is 19.1 Å². The fraction of sp³-hybridized carbons (Fsp3) is 0.320. The predicted molar refractivity (Wildman–Crippen MR) is 123 cm³/mol. The summed E-state index contributed by atoms with van der Waals surface area (Å²) in [6.07, 6.45) is 1.04. The summed E-state index contributed by atoms with van der Waals surface area (Å²) in [7, 11) is 2.79. The molecule has 4 rings (SSSR count). The molecule has 8 heteroatoms. The highest BCUT2D eigenvalue weighted by Crippen LogP contribution is 2.47. The third kappa shape index (κ3) is 4.30. The van der Waals surface area contributed by atoms with Crippen molar-refractivity contribution in [3.05, 3.63) is 68.7 Å². The van der Waals surface area contributed by atoms with Crippen molar-refractivity contribution in [2.24, 2.45) is 0 Å². The molecule has 2 aromatic rings. The second-order valence-corrected chi connectivity index (χ2v) is 9.01. The minimum Gasteiger partial charge on any atom is -0.493 e. The number of hydrogen-bond acceptors (Lipinski definition) is 8. The van der Waals surface area contributed by atoms with Crippen molar-refractivity contribution in [3.63, 3.8) is 0 Å². The lowest BCUT2D eigenvalue weighted by molar-refractivity contribution is -0.136. The topological polar surface area (TPSA) is 90.9 Å². The van der Waals surface area contributed by atoms with Crippen LogP contribution in [0.25, 0.3) is 0 Å². The summed E-state index contributed by atoms with van der Waals surface area (Å²) in [6.45, 7) is 3.12. The van der Waals surface area contributed by atoms with E-state index in [9.17, 15) is 14.4 Å². The summed E-state index contributed by atoms with van der Waals surface area (Å²) in [4.78, 5) is 38.9. The maximum atomic E-state index is 13.5. The Hall–Kier alpha value is -3.39. The number of carbonyl (C=O) groups is 3. The van der Waals surface area contributed by atoms with E-state index in [1.165, 1.54) is 26.0 Å². The van der Waals surface area contributed by atoms with Gasteiger partial charge in [-0.2, -0.15) is 0 Å². The van der Waals surface area contributed by atoms with Gasteiger partial charge in [-0.05, 0) is 42.5 Å². The Morgan fingerprint density at radius 3 is 2.55 bits per heavy atom. The molecule has 33 heavy (non-hydrogen) atoms. The van der Waals surface area contributed by atoms with Crippen LogP contribution >= 0.6 is 11.3 Å². The molecule has 0 saturated heterocycles. The number of benzene rings is 1. The van der Waals surface area contributed by atoms with E-state index >= 15 is 0 Å². The molecule has 1 aliphatic carbocycles. The lowest BCUT2D eigenvalue weighted by atomic mass is 9.72. The molecular weight excluding hydrogens is 442 g/mol. The summed E-state index contributed by atoms with van der Waals surface area (Å²) in [5, 5.41) is 5.33. The van der Waals surface area contributed by atoms with E-state index in [0.717, 1.165) is 5.70 Å². The van der Waals surface area contributed by atoms with Gasteiger partial charge in [0.1, 0.15) is 0 Å². The van der Waals surface area contributed by atoms with Gasteiger partial charge in [-0.15, -0.1) is 11.3 Å². The van der Waals surface area contributed by atoms with Gasteiger partial charge in [-0.1, -0.05) is 12.1 Å². The molecule has 2 heterocycles. The molecule has 0 bridgehead atoms. The molecule has 1 aliphatic heterocycles. The minimum atomic E-state index is -0.620. The summed E-state index contributed by atoms with van der Waals surface area (Å²) < 4.78 is 15.7. The molecule has 7 nitrogen and oxygen atoms in total. The molecular formula is C25H25NO6S. The highest BCUT2D eigenvalue weighted by atomic mass is 32.1. The van der Waals surface area contributed by atoms with Crippen LogP contribution < -0.4 is 14.8 Å². The molecule has 1 aromatic heterocycles. The highest BCUT2D eigenvalue weighted by Gasteiger charge is 2.41. The van der Waals surface area contributed by atoms with Gasteiger partial charge >= 0.3 is 11.9 Å². The molecule has 1 N–H and O–H groups in total. The third-order valence-corrected chi connectivity index (χ3v) is 6.99. The first-order valence-corrected chi connectivity index (χ1v) is 11.4. The molecule has 0 saturated carbocycles. The van der Waals surface area contributed by atoms with Crippen LogP contribution in [0.15, 0.2) is 58.3 Å². The monoisotopic (exact) mass is 467 g/mol. The first-order chi connectivity index (χ1) is 15.8. The van der Waals surface area contributed by atoms with E-state index in [-0.39, 0.29) is 17.5 Å². The Labute approximate surface area is 196 Å². The van der Waals surface area contributed by atoms with E-state index in [4.69, 9.17) is 14.2 Å². The number of methoxy groups -OCH3 is 2. The number of nitrogens with one attached hydrogen (secondary N) is 1. The molecule has 2 aliphatic rings. The van der Waals surface area contributed by atoms with Crippen molar-refractivity contribution in [2.45, 2.75) is 38.5 Å². The maximum Gasteiger partial charge on any atom is 0.336 e. The SMILES string of the molecule is COC(=O)C1=C(C)NC2=C(C(=O)C[C@@H](c3cccs3)C2)[C@H]1c1ccc(OC(C)=O)c(OC)c1. The number of dihydropyridines is 1. The lowest BCUT2D eigenvalue weighted by Gasteiger charge is -2.36. The van der Waals surface area contributed by atoms with Crippen molar-refractivity contribution in [1.29, 1.82) is 0 Å². The second-order valence-electron chi connectivity index (χ2n) is 8.03. The Bertz CT molecular complexity index is 1180. The number of esters is 2. The number of Topliss-reactive ketones (excluding diaryl/α,β-unsaturated/α-hetero) is 1. The normalized spacial score (nSPS) is 20.2. The second kappa shape index (κ2) is 9.23. The molecule has 172 valence electrons. The zero-order valence-corrected chi connectivity index (χ0v) is 19.7. The minimum absolute atomic E-state index is 0.0101. The Balaban J connectivity index is 1.83. The fourth-order valence-corrected chi connectivity index (χ4v) is 5.41. The van der Waals surface area contributed by atoms with Gasteiger partial charge in [-0.3, -0.25) is 9.59 Å². The van der Waals surface area contributed by atoms with Crippen LogP contribution in [0.1, 0.15) is 49.0 Å². The Morgan fingerprint density at radius 2 is 1.91 bits per heavy atom. The highest BCUT2D eigenvalue weighted by molar-refractivity contribution is 7.10. The van der Waals surface area contributed by atoms with Crippen molar-refractivity contribution in [1.82, 2.24) is 5.32 Å². The average molecular weight is 468 g/mol. The average Bonchev–Trinajstić information content (AvgIpc) is 3.32. The molecule has 0 radical (unpaired) electrons. The molecule has 1 aromatic carbocycles.